The van der Waals surface area contributed by atoms with Crippen molar-refractivity contribution in [3.8, 4) is 0 Å². The van der Waals surface area contributed by atoms with Gasteiger partial charge in [-0.2, -0.15) is 0 Å². The molecule has 2 aromatic carbocycles. The van der Waals surface area contributed by atoms with E-state index in [9.17, 15) is 9.18 Å². The Hall–Kier alpha value is -3.08. The van der Waals surface area contributed by atoms with Crippen molar-refractivity contribution in [2.24, 2.45) is 0 Å². The number of amides is 1. The predicted molar refractivity (Wildman–Crippen MR) is 87.8 cm³/mol. The van der Waals surface area contributed by atoms with E-state index < -0.39 is 6.17 Å². The quantitative estimate of drug-likeness (QED) is 0.786. The fourth-order valence-corrected chi connectivity index (χ4v) is 2.97. The molecule has 120 valence electrons. The molecule has 0 bridgehead atoms. The zero-order valence-electron chi connectivity index (χ0n) is 12.8. The molecule has 4 rings (SSSR count). The Labute approximate surface area is 138 Å². The number of anilines is 1. The minimum atomic E-state index is -0.598. The number of nitrogens with one attached hydrogen (secondary N) is 1. The number of hydrogen-bond acceptors (Lipinski definition) is 3. The third-order valence-electron chi connectivity index (χ3n) is 4.13. The number of para-hydroxylation sites is 1. The summed E-state index contributed by atoms with van der Waals surface area (Å²) < 4.78 is 19.7. The molecular weight excluding hydrogens is 307 g/mol. The maximum absolute atomic E-state index is 14.3. The number of nitrogens with zero attached hydrogens (tertiary/aromatic N) is 1. The molecule has 0 fully saturated rings. The molecule has 4 nitrogen and oxygen atoms in total. The number of fused-ring (bicyclic) bond motifs is 1. The zero-order valence-corrected chi connectivity index (χ0v) is 12.8. The maximum atomic E-state index is 14.3. The molecule has 0 radical (unpaired) electrons. The summed E-state index contributed by atoms with van der Waals surface area (Å²) in [7, 11) is 0. The number of benzene rings is 2. The van der Waals surface area contributed by atoms with Gasteiger partial charge in [-0.1, -0.05) is 30.3 Å². The Balaban J connectivity index is 1.79. The molecule has 0 saturated carbocycles. The van der Waals surface area contributed by atoms with Gasteiger partial charge in [0.25, 0.3) is 5.91 Å². The first-order valence-electron chi connectivity index (χ1n) is 7.67. The second kappa shape index (κ2) is 5.85. The Morgan fingerprint density at radius 2 is 1.83 bits per heavy atom. The summed E-state index contributed by atoms with van der Waals surface area (Å²) in [6.07, 6.45) is 0.960. The highest BCUT2D eigenvalue weighted by atomic mass is 19.1. The molecule has 1 aliphatic heterocycles. The van der Waals surface area contributed by atoms with Crippen LogP contribution in [-0.2, 0) is 6.54 Å². The van der Waals surface area contributed by atoms with Crippen molar-refractivity contribution in [3.63, 3.8) is 0 Å². The van der Waals surface area contributed by atoms with Gasteiger partial charge in [0.1, 0.15) is 17.7 Å². The monoisotopic (exact) mass is 322 g/mol. The molecule has 1 atom stereocenters. The minimum absolute atomic E-state index is 0.158. The van der Waals surface area contributed by atoms with Crippen LogP contribution in [0.2, 0.25) is 0 Å². The second-order valence-electron chi connectivity index (χ2n) is 5.63. The van der Waals surface area contributed by atoms with Crippen molar-refractivity contribution in [3.05, 3.63) is 89.6 Å². The molecule has 2 heterocycles. The average Bonchev–Trinajstić information content (AvgIpc) is 3.11. The van der Waals surface area contributed by atoms with Crippen LogP contribution >= 0.6 is 0 Å². The molecule has 1 aromatic heterocycles. The zero-order chi connectivity index (χ0) is 16.5. The number of hydrogen-bond donors (Lipinski definition) is 1. The van der Waals surface area contributed by atoms with E-state index in [0.717, 1.165) is 0 Å². The summed E-state index contributed by atoms with van der Waals surface area (Å²) >= 11 is 0. The van der Waals surface area contributed by atoms with Crippen LogP contribution < -0.4 is 5.32 Å². The van der Waals surface area contributed by atoms with Crippen LogP contribution in [0.3, 0.4) is 0 Å². The standard InChI is InChI=1S/C19H15FN2O2/c20-16-9-3-1-7-14(16)18-21-17-10-4-2-8-15(17)19(23)22(18)12-13-6-5-11-24-13/h1-11,18,21H,12H2/t18-/m0/s1. The average molecular weight is 322 g/mol. The van der Waals surface area contributed by atoms with E-state index in [-0.39, 0.29) is 18.3 Å². The molecule has 0 spiro atoms. The number of carbonyl (C=O) groups is 1. The summed E-state index contributed by atoms with van der Waals surface area (Å²) in [5, 5.41) is 3.27. The maximum Gasteiger partial charge on any atom is 0.258 e. The summed E-state index contributed by atoms with van der Waals surface area (Å²) in [4.78, 5) is 14.5. The van der Waals surface area contributed by atoms with E-state index in [1.165, 1.54) is 6.07 Å². The highest BCUT2D eigenvalue weighted by Crippen LogP contribution is 2.34. The lowest BCUT2D eigenvalue weighted by Crippen LogP contribution is -2.42. The molecule has 24 heavy (non-hydrogen) atoms. The van der Waals surface area contributed by atoms with Gasteiger partial charge in [0.05, 0.1) is 18.4 Å². The number of rotatable bonds is 3. The van der Waals surface area contributed by atoms with E-state index in [2.05, 4.69) is 5.32 Å². The molecular formula is C19H15FN2O2. The van der Waals surface area contributed by atoms with Gasteiger partial charge in [-0.15, -0.1) is 0 Å². The van der Waals surface area contributed by atoms with E-state index in [4.69, 9.17) is 4.42 Å². The number of furan rings is 1. The van der Waals surface area contributed by atoms with E-state index in [1.54, 1.807) is 47.6 Å². The van der Waals surface area contributed by atoms with Crippen LogP contribution in [-0.4, -0.2) is 10.8 Å². The lowest BCUT2D eigenvalue weighted by Gasteiger charge is -2.37. The second-order valence-corrected chi connectivity index (χ2v) is 5.63. The molecule has 1 N–H and O–H groups in total. The summed E-state index contributed by atoms with van der Waals surface area (Å²) in [6, 6.07) is 17.3. The van der Waals surface area contributed by atoms with Gasteiger partial charge in [-0.3, -0.25) is 4.79 Å². The van der Waals surface area contributed by atoms with Gasteiger partial charge in [0, 0.05) is 11.3 Å². The largest absolute Gasteiger partial charge is 0.467 e. The summed E-state index contributed by atoms with van der Waals surface area (Å²) in [5.41, 5.74) is 1.69. The summed E-state index contributed by atoms with van der Waals surface area (Å²) in [5.74, 6) is 0.131. The molecule has 1 amide bonds. The third-order valence-corrected chi connectivity index (χ3v) is 4.13. The van der Waals surface area contributed by atoms with Gasteiger partial charge < -0.3 is 14.6 Å². The lowest BCUT2D eigenvalue weighted by molar-refractivity contribution is 0.0648. The topological polar surface area (TPSA) is 45.5 Å². The SMILES string of the molecule is O=C1c2ccccc2N[C@H](c2ccccc2F)N1Cc1ccco1. The van der Waals surface area contributed by atoms with Crippen molar-refractivity contribution in [1.82, 2.24) is 4.90 Å². The molecule has 0 aliphatic carbocycles. The number of carbonyl (C=O) groups excluding carboxylic acids is 1. The first-order valence-corrected chi connectivity index (χ1v) is 7.67. The van der Waals surface area contributed by atoms with Gasteiger partial charge in [0.2, 0.25) is 0 Å². The van der Waals surface area contributed by atoms with Crippen LogP contribution in [0.4, 0.5) is 10.1 Å². The van der Waals surface area contributed by atoms with Crippen LogP contribution in [0.15, 0.2) is 71.3 Å². The molecule has 5 heteroatoms. The van der Waals surface area contributed by atoms with E-state index in [1.807, 2.05) is 18.2 Å². The van der Waals surface area contributed by atoms with Crippen LogP contribution in [0.5, 0.6) is 0 Å². The minimum Gasteiger partial charge on any atom is -0.467 e. The van der Waals surface area contributed by atoms with Crippen molar-refractivity contribution >= 4 is 11.6 Å². The first kappa shape index (κ1) is 14.5. The molecule has 3 aromatic rings. The van der Waals surface area contributed by atoms with Crippen LogP contribution in [0.25, 0.3) is 0 Å². The Morgan fingerprint density at radius 1 is 1.04 bits per heavy atom. The van der Waals surface area contributed by atoms with Gasteiger partial charge in [-0.25, -0.2) is 4.39 Å². The highest BCUT2D eigenvalue weighted by molar-refractivity contribution is 6.01. The van der Waals surface area contributed by atoms with Gasteiger partial charge in [0.15, 0.2) is 0 Å². The first-order chi connectivity index (χ1) is 11.7. The Morgan fingerprint density at radius 3 is 2.62 bits per heavy atom. The fraction of sp³-hybridized carbons (Fsp3) is 0.105. The van der Waals surface area contributed by atoms with Crippen molar-refractivity contribution in [2.45, 2.75) is 12.7 Å². The van der Waals surface area contributed by atoms with Gasteiger partial charge >= 0.3 is 0 Å². The summed E-state index contributed by atoms with van der Waals surface area (Å²) in [6.45, 7) is 0.256. The molecule has 1 aliphatic rings. The van der Waals surface area contributed by atoms with E-state index >= 15 is 0 Å². The smallest absolute Gasteiger partial charge is 0.258 e. The Bertz CT molecular complexity index is 877. The van der Waals surface area contributed by atoms with Crippen LogP contribution in [0.1, 0.15) is 27.8 Å². The molecule has 0 unspecified atom stereocenters. The van der Waals surface area contributed by atoms with Crippen LogP contribution in [0, 0.1) is 5.82 Å². The van der Waals surface area contributed by atoms with Crippen molar-refractivity contribution < 1.29 is 13.6 Å². The van der Waals surface area contributed by atoms with Crippen molar-refractivity contribution in [1.29, 1.82) is 0 Å². The number of halogens is 1. The van der Waals surface area contributed by atoms with E-state index in [0.29, 0.717) is 22.6 Å². The van der Waals surface area contributed by atoms with Crippen molar-refractivity contribution in [2.75, 3.05) is 5.32 Å². The predicted octanol–water partition coefficient (Wildman–Crippen LogP) is 4.19. The molecule has 0 saturated heterocycles. The fourth-order valence-electron chi connectivity index (χ4n) is 2.97. The highest BCUT2D eigenvalue weighted by Gasteiger charge is 2.34. The lowest BCUT2D eigenvalue weighted by atomic mass is 10.0. The normalized spacial score (nSPS) is 16.6. The van der Waals surface area contributed by atoms with Gasteiger partial charge in [-0.05, 0) is 30.3 Å². The third kappa shape index (κ3) is 2.44. The Kier molecular flexibility index (Phi) is 3.54.